The number of carbonyl (C=O) groups is 2. The molecule has 0 bridgehead atoms. The van der Waals surface area contributed by atoms with Crippen LogP contribution < -0.4 is 10.1 Å². The van der Waals surface area contributed by atoms with Crippen molar-refractivity contribution in [3.63, 3.8) is 0 Å². The number of carbonyl (C=O) groups excluding carboxylic acids is 2. The molecule has 4 rings (SSSR count). The van der Waals surface area contributed by atoms with Crippen LogP contribution in [0.3, 0.4) is 0 Å². The summed E-state index contributed by atoms with van der Waals surface area (Å²) in [5, 5.41) is 24.7. The molecule has 2 aliphatic carbocycles. The fraction of sp³-hybridized carbons (Fsp3) is 0.667. The Balaban J connectivity index is 1.36. The third-order valence-electron chi connectivity index (χ3n) is 8.81. The van der Waals surface area contributed by atoms with Gasteiger partial charge < -0.3 is 34.1 Å². The minimum atomic E-state index is -0.977. The molecule has 6 atom stereocenters. The molecule has 12 nitrogen and oxygen atoms in total. The van der Waals surface area contributed by atoms with Crippen LogP contribution in [0, 0.1) is 22.0 Å². The number of benzene rings is 1. The molecule has 3 aliphatic rings. The maximum atomic E-state index is 13.2. The van der Waals surface area contributed by atoms with Crippen LogP contribution >= 0.6 is 0 Å². The van der Waals surface area contributed by atoms with Gasteiger partial charge in [-0.05, 0) is 64.0 Å². The van der Waals surface area contributed by atoms with Gasteiger partial charge in [0.1, 0.15) is 24.6 Å². The Hall–Kier alpha value is -3.22. The number of aliphatic hydroxyl groups excluding tert-OH is 1. The van der Waals surface area contributed by atoms with Gasteiger partial charge in [-0.15, -0.1) is 0 Å². The number of rotatable bonds is 11. The Morgan fingerprint density at radius 2 is 1.88 bits per heavy atom. The highest BCUT2D eigenvalue weighted by atomic mass is 16.7. The van der Waals surface area contributed by atoms with E-state index in [-0.39, 0.29) is 35.5 Å². The van der Waals surface area contributed by atoms with E-state index in [1.807, 2.05) is 26.8 Å². The predicted molar refractivity (Wildman–Crippen MR) is 151 cm³/mol. The van der Waals surface area contributed by atoms with Gasteiger partial charge in [0.25, 0.3) is 5.69 Å². The van der Waals surface area contributed by atoms with Crippen LogP contribution in [0.15, 0.2) is 35.9 Å². The first-order valence-electron chi connectivity index (χ1n) is 14.5. The van der Waals surface area contributed by atoms with Crippen molar-refractivity contribution in [2.24, 2.45) is 11.8 Å². The molecule has 2 N–H and O–H groups in total. The van der Waals surface area contributed by atoms with Crippen LogP contribution in [0.1, 0.15) is 65.7 Å². The van der Waals surface area contributed by atoms with Gasteiger partial charge in [-0.3, -0.25) is 10.1 Å². The summed E-state index contributed by atoms with van der Waals surface area (Å²) < 4.78 is 28.3. The summed E-state index contributed by atoms with van der Waals surface area (Å²) in [7, 11) is 1.59. The summed E-state index contributed by atoms with van der Waals surface area (Å²) in [6.07, 6.45) is 3.46. The summed E-state index contributed by atoms with van der Waals surface area (Å²) in [4.78, 5) is 35.8. The van der Waals surface area contributed by atoms with E-state index in [2.05, 4.69) is 5.32 Å². The molecule has 3 fully saturated rings. The molecule has 1 saturated heterocycles. The minimum Gasteiger partial charge on any atom is -0.443 e. The molecule has 1 aromatic rings. The van der Waals surface area contributed by atoms with Gasteiger partial charge in [-0.25, -0.2) is 9.59 Å². The third-order valence-corrected chi connectivity index (χ3v) is 8.81. The number of aliphatic hydroxyl groups is 1. The summed E-state index contributed by atoms with van der Waals surface area (Å²) in [6, 6.07) is 5.07. The third kappa shape index (κ3) is 7.59. The van der Waals surface area contributed by atoms with Crippen molar-refractivity contribution in [3.8, 4) is 5.75 Å². The lowest BCUT2D eigenvalue weighted by molar-refractivity contribution is -0.384. The molecule has 1 heterocycles. The number of ether oxygens (including phenoxy) is 5. The van der Waals surface area contributed by atoms with E-state index >= 15 is 0 Å². The van der Waals surface area contributed by atoms with Crippen molar-refractivity contribution >= 4 is 17.9 Å². The zero-order chi connectivity index (χ0) is 30.5. The standard InChI is InChI=1S/C30H42N2O10/c1-19(2)7-12-23(33)20(3)25-26(38-4)24(13-16-30(25)18-40-30)42-27(34)31-29(14-5-6-15-29)17-39-28(35)41-22-10-8-21(9-11-22)32(36)37/h7-11,20,23-26,33H,5-6,12-18H2,1-4H3,(H,31,34)/t20?,23?,24?,25?,26?,30-/m0/s1. The predicted octanol–water partition coefficient (Wildman–Crippen LogP) is 5.07. The van der Waals surface area contributed by atoms with Crippen molar-refractivity contribution in [2.75, 3.05) is 20.3 Å². The number of nitrogens with one attached hydrogen (secondary N) is 1. The molecular weight excluding hydrogens is 548 g/mol. The average molecular weight is 591 g/mol. The van der Waals surface area contributed by atoms with Gasteiger partial charge in [0.15, 0.2) is 0 Å². The molecule has 1 aliphatic heterocycles. The first-order chi connectivity index (χ1) is 20.0. The van der Waals surface area contributed by atoms with Gasteiger partial charge in [0, 0.05) is 25.2 Å². The molecule has 232 valence electrons. The fourth-order valence-electron chi connectivity index (χ4n) is 6.39. The number of amides is 1. The van der Waals surface area contributed by atoms with Gasteiger partial charge in [0.05, 0.1) is 28.8 Å². The van der Waals surface area contributed by atoms with Crippen LogP contribution in [-0.4, -0.2) is 72.1 Å². The number of allylic oxidation sites excluding steroid dienone is 1. The second kappa shape index (κ2) is 13.4. The van der Waals surface area contributed by atoms with E-state index in [0.29, 0.717) is 38.7 Å². The zero-order valence-corrected chi connectivity index (χ0v) is 24.7. The monoisotopic (exact) mass is 590 g/mol. The number of non-ortho nitro benzene ring substituents is 1. The number of nitro groups is 1. The lowest BCUT2D eigenvalue weighted by Crippen LogP contribution is -2.56. The molecule has 1 spiro atoms. The first-order valence-corrected chi connectivity index (χ1v) is 14.5. The summed E-state index contributed by atoms with van der Waals surface area (Å²) in [5.41, 5.74) is -0.186. The van der Waals surface area contributed by atoms with Crippen LogP contribution in [0.2, 0.25) is 0 Å². The Morgan fingerprint density at radius 1 is 1.21 bits per heavy atom. The molecule has 2 saturated carbocycles. The van der Waals surface area contributed by atoms with Crippen LogP contribution in [0.4, 0.5) is 15.3 Å². The zero-order valence-electron chi connectivity index (χ0n) is 24.7. The molecule has 12 heteroatoms. The van der Waals surface area contributed by atoms with E-state index < -0.39 is 41.0 Å². The largest absolute Gasteiger partial charge is 0.513 e. The maximum Gasteiger partial charge on any atom is 0.513 e. The highest BCUT2D eigenvalue weighted by molar-refractivity contribution is 5.69. The number of methoxy groups -OCH3 is 1. The Labute approximate surface area is 245 Å². The average Bonchev–Trinajstić information content (AvgIpc) is 3.58. The molecule has 5 unspecified atom stereocenters. The van der Waals surface area contributed by atoms with Gasteiger partial charge in [-0.2, -0.15) is 0 Å². The van der Waals surface area contributed by atoms with E-state index in [1.54, 1.807) is 7.11 Å². The van der Waals surface area contributed by atoms with Crippen molar-refractivity contribution in [1.29, 1.82) is 0 Å². The summed E-state index contributed by atoms with van der Waals surface area (Å²) in [5.74, 6) is -0.208. The number of nitrogens with zero attached hydrogens (tertiary/aromatic N) is 1. The van der Waals surface area contributed by atoms with Crippen molar-refractivity contribution in [1.82, 2.24) is 5.32 Å². The van der Waals surface area contributed by atoms with E-state index in [1.165, 1.54) is 24.3 Å². The lowest BCUT2D eigenvalue weighted by Gasteiger charge is -2.44. The van der Waals surface area contributed by atoms with E-state index in [4.69, 9.17) is 23.7 Å². The van der Waals surface area contributed by atoms with E-state index in [9.17, 15) is 24.8 Å². The van der Waals surface area contributed by atoms with Crippen molar-refractivity contribution < 1.29 is 43.3 Å². The van der Waals surface area contributed by atoms with Gasteiger partial charge in [0.2, 0.25) is 0 Å². The first kappa shape index (κ1) is 31.7. The smallest absolute Gasteiger partial charge is 0.443 e. The molecule has 0 radical (unpaired) electrons. The Bertz CT molecular complexity index is 1140. The SMILES string of the molecule is COC1C(OC(=O)NC2(COC(=O)Oc3ccc([N+](=O)[O-])cc3)CCCC2)CC[C@]2(CO2)C1C(C)C(O)CC=C(C)C. The normalized spacial score (nSPS) is 27.4. The summed E-state index contributed by atoms with van der Waals surface area (Å²) in [6.45, 7) is 6.46. The maximum absolute atomic E-state index is 13.2. The fourth-order valence-corrected chi connectivity index (χ4v) is 6.39. The highest BCUT2D eigenvalue weighted by Gasteiger charge is 2.61. The highest BCUT2D eigenvalue weighted by Crippen LogP contribution is 2.51. The Kier molecular flexibility index (Phi) is 10.1. The second-order valence-electron chi connectivity index (χ2n) is 12.0. The molecular formula is C30H42N2O10. The molecule has 1 amide bonds. The second-order valence-corrected chi connectivity index (χ2v) is 12.0. The lowest BCUT2D eigenvalue weighted by atomic mass is 9.68. The summed E-state index contributed by atoms with van der Waals surface area (Å²) >= 11 is 0. The van der Waals surface area contributed by atoms with Crippen LogP contribution in [-0.2, 0) is 18.9 Å². The number of nitro benzene ring substituents is 1. The number of hydrogen-bond acceptors (Lipinski definition) is 10. The van der Waals surface area contributed by atoms with Crippen molar-refractivity contribution in [2.45, 2.75) is 95.2 Å². The topological polar surface area (TPSA) is 159 Å². The molecule has 1 aromatic carbocycles. The number of epoxide rings is 1. The quantitative estimate of drug-likeness (QED) is 0.0890. The minimum absolute atomic E-state index is 0.105. The van der Waals surface area contributed by atoms with Crippen LogP contribution in [0.5, 0.6) is 5.75 Å². The number of alkyl carbamates (subject to hydrolysis) is 1. The van der Waals surface area contributed by atoms with Crippen LogP contribution in [0.25, 0.3) is 0 Å². The van der Waals surface area contributed by atoms with Gasteiger partial charge in [-0.1, -0.05) is 31.4 Å². The molecule has 0 aromatic heterocycles. The number of hydrogen-bond donors (Lipinski definition) is 2. The van der Waals surface area contributed by atoms with Crippen molar-refractivity contribution in [3.05, 3.63) is 46.0 Å². The molecule has 42 heavy (non-hydrogen) atoms. The Morgan fingerprint density at radius 3 is 2.45 bits per heavy atom. The van der Waals surface area contributed by atoms with Gasteiger partial charge >= 0.3 is 12.2 Å². The van der Waals surface area contributed by atoms with E-state index in [0.717, 1.165) is 18.4 Å².